The molecule has 236 valence electrons. The van der Waals surface area contributed by atoms with Crippen molar-refractivity contribution in [3.8, 4) is 0 Å². The first-order chi connectivity index (χ1) is 20.9. The van der Waals surface area contributed by atoms with Gasteiger partial charge in [-0.1, -0.05) is 62.4 Å². The van der Waals surface area contributed by atoms with Crippen molar-refractivity contribution in [1.82, 2.24) is 26.2 Å². The van der Waals surface area contributed by atoms with Crippen molar-refractivity contribution in [3.05, 3.63) is 82.9 Å². The summed E-state index contributed by atoms with van der Waals surface area (Å²) >= 11 is 0. The third-order valence-corrected chi connectivity index (χ3v) is 8.00. The first kappa shape index (κ1) is 32.9. The van der Waals surface area contributed by atoms with Gasteiger partial charge in [0.2, 0.25) is 5.91 Å². The highest BCUT2D eigenvalue weighted by molar-refractivity contribution is 6.13. The molecular formula is C34H44FN5O4. The number of nitrogens with one attached hydrogen (secondary N) is 3. The summed E-state index contributed by atoms with van der Waals surface area (Å²) in [4.78, 5) is 37.4. The molecule has 0 bridgehead atoms. The van der Waals surface area contributed by atoms with Crippen LogP contribution in [0.1, 0.15) is 69.2 Å². The van der Waals surface area contributed by atoms with E-state index in [2.05, 4.69) is 54.2 Å². The van der Waals surface area contributed by atoms with Crippen LogP contribution in [0.3, 0.4) is 0 Å². The van der Waals surface area contributed by atoms with Crippen LogP contribution in [-0.2, 0) is 25.7 Å². The highest BCUT2D eigenvalue weighted by atomic mass is 19.1. The lowest BCUT2D eigenvalue weighted by molar-refractivity contribution is -0.137. The van der Waals surface area contributed by atoms with Gasteiger partial charge in [-0.25, -0.2) is 0 Å². The molecule has 10 heteroatoms. The summed E-state index contributed by atoms with van der Waals surface area (Å²) in [5, 5.41) is 5.07. The summed E-state index contributed by atoms with van der Waals surface area (Å²) < 4.78 is 18.9. The number of hydrogen-bond donors (Lipinski definition) is 3. The number of hydrogen-bond acceptors (Lipinski definition) is 7. The summed E-state index contributed by atoms with van der Waals surface area (Å²) in [6.45, 7) is 11.4. The van der Waals surface area contributed by atoms with E-state index in [1.54, 1.807) is 0 Å². The second-order valence-corrected chi connectivity index (χ2v) is 12.7. The Bertz CT molecular complexity index is 1420. The molecule has 9 nitrogen and oxygen atoms in total. The van der Waals surface area contributed by atoms with E-state index in [1.807, 2.05) is 50.2 Å². The van der Waals surface area contributed by atoms with Crippen LogP contribution in [0.5, 0.6) is 0 Å². The van der Waals surface area contributed by atoms with Crippen LogP contribution in [0.15, 0.2) is 60.7 Å². The molecule has 0 saturated carbocycles. The number of imide groups is 1. The zero-order chi connectivity index (χ0) is 31.9. The number of halogens is 1. The topological polar surface area (TPSA) is 103 Å². The molecule has 0 aromatic heterocycles. The van der Waals surface area contributed by atoms with Crippen LogP contribution in [0.25, 0.3) is 11.4 Å². The monoisotopic (exact) mass is 605 g/mol. The summed E-state index contributed by atoms with van der Waals surface area (Å²) in [7, 11) is 0. The number of ether oxygens (including phenoxy) is 1. The summed E-state index contributed by atoms with van der Waals surface area (Å²) in [6.07, 6.45) is 3.60. The Balaban J connectivity index is 1.53. The van der Waals surface area contributed by atoms with Gasteiger partial charge >= 0.3 is 0 Å². The third kappa shape index (κ3) is 8.33. The first-order valence-corrected chi connectivity index (χ1v) is 15.1. The molecule has 3 N–H and O–H groups in total. The van der Waals surface area contributed by atoms with E-state index in [9.17, 15) is 18.8 Å². The minimum Gasteiger partial charge on any atom is -0.375 e. The Labute approximate surface area is 259 Å². The Morgan fingerprint density at radius 1 is 0.955 bits per heavy atom. The molecule has 2 aliphatic heterocycles. The lowest BCUT2D eigenvalue weighted by atomic mass is 9.88. The van der Waals surface area contributed by atoms with Crippen LogP contribution >= 0.6 is 0 Å². The molecule has 0 unspecified atom stereocenters. The van der Waals surface area contributed by atoms with Crippen molar-refractivity contribution < 1.29 is 23.5 Å². The van der Waals surface area contributed by atoms with Gasteiger partial charge in [-0.2, -0.15) is 0 Å². The van der Waals surface area contributed by atoms with Gasteiger partial charge in [0.1, 0.15) is 0 Å². The smallest absolute Gasteiger partial charge is 0.253 e. The van der Waals surface area contributed by atoms with Crippen molar-refractivity contribution in [2.75, 3.05) is 26.4 Å². The van der Waals surface area contributed by atoms with Crippen molar-refractivity contribution in [2.24, 2.45) is 5.41 Å². The molecule has 0 fully saturated rings. The van der Waals surface area contributed by atoms with E-state index in [4.69, 9.17) is 4.74 Å². The van der Waals surface area contributed by atoms with Crippen molar-refractivity contribution >= 4 is 29.1 Å². The number of alkyl halides is 1. The number of nitrogens with zero attached hydrogens (tertiary/aromatic N) is 2. The predicted octanol–water partition coefficient (Wildman–Crippen LogP) is 4.65. The highest BCUT2D eigenvalue weighted by Crippen LogP contribution is 2.36. The van der Waals surface area contributed by atoms with E-state index in [0.717, 1.165) is 45.0 Å². The number of rotatable bonds is 15. The van der Waals surface area contributed by atoms with Crippen molar-refractivity contribution in [2.45, 2.75) is 66.0 Å². The molecule has 0 radical (unpaired) electrons. The second-order valence-electron chi connectivity index (χ2n) is 12.7. The van der Waals surface area contributed by atoms with Gasteiger partial charge in [-0.3, -0.25) is 28.7 Å². The number of aryl methyl sites for hydroxylation is 1. The van der Waals surface area contributed by atoms with E-state index in [0.29, 0.717) is 19.6 Å². The second kappa shape index (κ2) is 14.2. The molecule has 0 atom stereocenters. The Morgan fingerprint density at radius 3 is 2.30 bits per heavy atom. The van der Waals surface area contributed by atoms with Gasteiger partial charge in [-0.05, 0) is 43.7 Å². The maximum absolute atomic E-state index is 12.9. The van der Waals surface area contributed by atoms with Gasteiger partial charge < -0.3 is 15.5 Å². The SMILES string of the molecule is Cc1ccccc1C1=C(c2ccccc2CNC(=O)CCN2C(=O)C=CC2=O)NNN1CC(C)(C)CCOC(C)(C)CCF. The van der Waals surface area contributed by atoms with Crippen molar-refractivity contribution in [1.29, 1.82) is 0 Å². The molecule has 0 saturated heterocycles. The lowest BCUT2D eigenvalue weighted by Gasteiger charge is -2.34. The summed E-state index contributed by atoms with van der Waals surface area (Å²) in [5.41, 5.74) is 12.0. The third-order valence-electron chi connectivity index (χ3n) is 8.00. The molecule has 0 aliphatic carbocycles. The van der Waals surface area contributed by atoms with Crippen LogP contribution in [0.2, 0.25) is 0 Å². The molecule has 44 heavy (non-hydrogen) atoms. The average Bonchev–Trinajstić information content (AvgIpc) is 3.52. The largest absolute Gasteiger partial charge is 0.375 e. The van der Waals surface area contributed by atoms with E-state index in [-0.39, 0.29) is 30.8 Å². The predicted molar refractivity (Wildman–Crippen MR) is 169 cm³/mol. The fourth-order valence-corrected chi connectivity index (χ4v) is 5.28. The fourth-order valence-electron chi connectivity index (χ4n) is 5.28. The first-order valence-electron chi connectivity index (χ1n) is 15.1. The van der Waals surface area contributed by atoms with Gasteiger partial charge in [-0.15, -0.1) is 5.53 Å². The summed E-state index contributed by atoms with van der Waals surface area (Å²) in [5.74, 6) is -1.05. The summed E-state index contributed by atoms with van der Waals surface area (Å²) in [6, 6.07) is 16.1. The lowest BCUT2D eigenvalue weighted by Crippen LogP contribution is -2.43. The van der Waals surface area contributed by atoms with Crippen LogP contribution in [-0.4, -0.2) is 59.6 Å². The maximum atomic E-state index is 12.9. The van der Waals surface area contributed by atoms with Gasteiger partial charge in [0.25, 0.3) is 11.8 Å². The van der Waals surface area contributed by atoms with Crippen LogP contribution in [0.4, 0.5) is 4.39 Å². The quantitative estimate of drug-likeness (QED) is 0.254. The van der Waals surface area contributed by atoms with Crippen molar-refractivity contribution in [3.63, 3.8) is 0 Å². The van der Waals surface area contributed by atoms with Gasteiger partial charge in [0.05, 0.1) is 23.7 Å². The standard InChI is InChI=1S/C34H44FN5O4/c1-24-10-6-8-12-26(24)32-31(37-38-40(32)23-33(2,3)18-21-44-34(4,5)17-19-35)27-13-9-7-11-25(27)22-36-28(41)16-20-39-29(42)14-15-30(39)43/h6-15,37-38H,16-23H2,1-5H3,(H,36,41). The Hall–Kier alpha value is -4.02. The zero-order valence-corrected chi connectivity index (χ0v) is 26.3. The Morgan fingerprint density at radius 2 is 1.61 bits per heavy atom. The molecule has 2 heterocycles. The van der Waals surface area contributed by atoms with Gasteiger partial charge in [0, 0.05) is 62.4 Å². The maximum Gasteiger partial charge on any atom is 0.253 e. The average molecular weight is 606 g/mol. The molecule has 2 aromatic rings. The number of benzene rings is 2. The van der Waals surface area contributed by atoms with Crippen LogP contribution in [0, 0.1) is 12.3 Å². The van der Waals surface area contributed by atoms with E-state index >= 15 is 0 Å². The number of hydrazine groups is 2. The zero-order valence-electron chi connectivity index (χ0n) is 26.3. The molecular weight excluding hydrogens is 561 g/mol. The normalized spacial score (nSPS) is 15.4. The molecule has 3 amide bonds. The highest BCUT2D eigenvalue weighted by Gasteiger charge is 2.32. The molecule has 2 aliphatic rings. The molecule has 2 aromatic carbocycles. The fraction of sp³-hybridized carbons (Fsp3) is 0.441. The van der Waals surface area contributed by atoms with E-state index in [1.165, 1.54) is 12.2 Å². The molecule has 0 spiro atoms. The number of amides is 3. The minimum atomic E-state index is -0.503. The Kier molecular flexibility index (Phi) is 10.6. The van der Waals surface area contributed by atoms with E-state index < -0.39 is 24.1 Å². The minimum absolute atomic E-state index is 0.0236. The number of carbonyl (C=O) groups excluding carboxylic acids is 3. The molecule has 4 rings (SSSR count). The van der Waals surface area contributed by atoms with Gasteiger partial charge in [0.15, 0.2) is 0 Å². The van der Waals surface area contributed by atoms with Crippen LogP contribution < -0.4 is 16.3 Å². The number of carbonyl (C=O) groups is 3.